The first-order valence-corrected chi connectivity index (χ1v) is 41.4. The van der Waals surface area contributed by atoms with Gasteiger partial charge in [0.05, 0.1) is 27.8 Å². The Balaban J connectivity index is 0.994. The predicted octanol–water partition coefficient (Wildman–Crippen LogP) is 28.2. The molecule has 115 heavy (non-hydrogen) atoms. The van der Waals surface area contributed by atoms with Gasteiger partial charge in [-0.1, -0.05) is 346 Å². The molecule has 4 heterocycles. The number of fused-ring (bicyclic) bond motifs is 10. The van der Waals surface area contributed by atoms with Crippen LogP contribution in [-0.4, -0.2) is 15.8 Å². The highest BCUT2D eigenvalue weighted by molar-refractivity contribution is 6.99. The Hall–Kier alpha value is -12.2. The van der Waals surface area contributed by atoms with E-state index in [0.29, 0.717) is 0 Å². The average molecular weight is 1490 g/mol. The Bertz CT molecular complexity index is 6490. The van der Waals surface area contributed by atoms with Gasteiger partial charge in [0.1, 0.15) is 0 Å². The molecule has 1 atom stereocenters. The molecule has 1 unspecified atom stereocenters. The number of benzene rings is 15. The summed E-state index contributed by atoms with van der Waals surface area (Å²) in [4.78, 5) is 2.77. The molecule has 0 saturated heterocycles. The number of aromatic nitrogens is 2. The zero-order valence-electron chi connectivity index (χ0n) is 69.2. The molecular formula is C111H100BN3. The SMILES string of the molecule is CC(C)(C)c1ccc(-c2cc3c4c(c2)N(c2c(-c5ccccc5)cc(C(C)(C)C)cc2-c2ccccc2)c2cc(-c5ccc6c(c5)c5ccccc5n6-c5ccccc5)ccc2B4c2ccc(-n4c5ccc(C(C)(C)C)cc5c5cc(C(C)(C)C)ccc54)cc2C3c2c(-c3ccccc3)cc(C(C)(C)C)cc2-c2ccccc2)cc1. The lowest BCUT2D eigenvalue weighted by Gasteiger charge is -2.45. The molecule has 4 heteroatoms. The van der Waals surface area contributed by atoms with Crippen LogP contribution in [0.2, 0.25) is 0 Å². The first kappa shape index (κ1) is 73.0. The van der Waals surface area contributed by atoms with E-state index in [1.165, 1.54) is 149 Å². The van der Waals surface area contributed by atoms with Gasteiger partial charge in [-0.2, -0.15) is 0 Å². The lowest BCUT2D eigenvalue weighted by Crippen LogP contribution is -2.62. The molecule has 2 aromatic heterocycles. The van der Waals surface area contributed by atoms with E-state index in [1.54, 1.807) is 0 Å². The maximum atomic E-state index is 2.77. The fraction of sp³-hybridized carbons (Fsp3) is 0.189. The summed E-state index contributed by atoms with van der Waals surface area (Å²) in [7, 11) is 0. The molecule has 0 amide bonds. The van der Waals surface area contributed by atoms with Gasteiger partial charge < -0.3 is 14.0 Å². The molecule has 0 radical (unpaired) electrons. The van der Waals surface area contributed by atoms with Crippen LogP contribution < -0.4 is 21.3 Å². The fourth-order valence-corrected chi connectivity index (χ4v) is 18.8. The minimum atomic E-state index is -0.334. The van der Waals surface area contributed by atoms with Gasteiger partial charge in [-0.25, -0.2) is 0 Å². The first-order valence-electron chi connectivity index (χ1n) is 41.4. The number of hydrogen-bond acceptors (Lipinski definition) is 1. The van der Waals surface area contributed by atoms with Crippen LogP contribution >= 0.6 is 0 Å². The lowest BCUT2D eigenvalue weighted by molar-refractivity contribution is 0.590. The maximum Gasteiger partial charge on any atom is 0.247 e. The van der Waals surface area contributed by atoms with Gasteiger partial charge in [0, 0.05) is 61.3 Å². The zero-order valence-corrected chi connectivity index (χ0v) is 69.2. The number of hydrogen-bond donors (Lipinski definition) is 0. The van der Waals surface area contributed by atoms with Crippen LogP contribution in [0.4, 0.5) is 17.1 Å². The first-order chi connectivity index (χ1) is 55.2. The minimum absolute atomic E-state index is 0.0644. The number of nitrogens with zero attached hydrogens (tertiary/aromatic N) is 3. The normalized spacial score (nSPS) is 13.7. The zero-order chi connectivity index (χ0) is 79.4. The highest BCUT2D eigenvalue weighted by Gasteiger charge is 2.47. The monoisotopic (exact) mass is 1490 g/mol. The molecule has 0 N–H and O–H groups in total. The standard InChI is InChI=1S/C111H100BN3/c1-107(2,3)78-49-45-70(46-50-78)77-60-94-104(103-86(71-33-21-16-22-34-71)65-81(110(10,11)12)66-87(103)72-35-23-17-24-36-72)93-69-84(114-99-57-51-79(108(4,5)6)63-91(99)92-64-80(109(7,8)9)52-58-100(92)114)53-55-95(93)112-96-54-47-76(75-48-56-98-90(59-75)85-43-31-32-44-97(85)113(98)83-41-29-20-30-42-83)61-101(96)115(102(62-77)105(94)112)106-88(73-37-25-18-26-38-73)67-82(111(13,14)15)68-89(106)74-39-27-19-28-40-74/h16-69,104H,1-15H3. The van der Waals surface area contributed by atoms with Crippen LogP contribution in [0, 0.1) is 0 Å². The number of anilines is 3. The van der Waals surface area contributed by atoms with Crippen LogP contribution in [0.25, 0.3) is 122 Å². The third-order valence-corrected chi connectivity index (χ3v) is 25.0. The topological polar surface area (TPSA) is 13.1 Å². The van der Waals surface area contributed by atoms with Gasteiger partial charge in [0.25, 0.3) is 0 Å². The Morgan fingerprint density at radius 2 is 0.635 bits per heavy atom. The van der Waals surface area contributed by atoms with E-state index in [0.717, 1.165) is 50.6 Å². The van der Waals surface area contributed by atoms with Crippen LogP contribution in [-0.2, 0) is 27.1 Å². The third-order valence-electron chi connectivity index (χ3n) is 25.0. The summed E-state index contributed by atoms with van der Waals surface area (Å²) in [6, 6.07) is 127. The average Bonchev–Trinajstić information content (AvgIpc) is 1.17. The quantitative estimate of drug-likeness (QED) is 0.124. The number of para-hydroxylation sites is 2. The van der Waals surface area contributed by atoms with Gasteiger partial charge in [-0.3, -0.25) is 0 Å². The van der Waals surface area contributed by atoms with E-state index in [9.17, 15) is 0 Å². The van der Waals surface area contributed by atoms with Crippen molar-refractivity contribution in [3.63, 3.8) is 0 Å². The van der Waals surface area contributed by atoms with Gasteiger partial charge in [0.15, 0.2) is 0 Å². The Morgan fingerprint density at radius 3 is 1.15 bits per heavy atom. The summed E-state index contributed by atoms with van der Waals surface area (Å²) >= 11 is 0. The summed E-state index contributed by atoms with van der Waals surface area (Å²) in [5.41, 5.74) is 38.3. The van der Waals surface area contributed by atoms with Crippen LogP contribution in [0.3, 0.4) is 0 Å². The van der Waals surface area contributed by atoms with E-state index in [1.807, 2.05) is 0 Å². The summed E-state index contributed by atoms with van der Waals surface area (Å²) < 4.78 is 5.03. The van der Waals surface area contributed by atoms with Crippen molar-refractivity contribution in [2.45, 2.75) is 137 Å². The lowest BCUT2D eigenvalue weighted by atomic mass is 9.31. The molecule has 0 fully saturated rings. The second kappa shape index (κ2) is 27.2. The van der Waals surface area contributed by atoms with Gasteiger partial charge in [0.2, 0.25) is 6.71 Å². The second-order valence-electron chi connectivity index (χ2n) is 37.7. The van der Waals surface area contributed by atoms with Crippen molar-refractivity contribution in [1.82, 2.24) is 9.13 Å². The van der Waals surface area contributed by atoms with Crippen molar-refractivity contribution in [3.05, 3.63) is 372 Å². The predicted molar refractivity (Wildman–Crippen MR) is 494 cm³/mol. The Labute approximate surface area is 680 Å². The molecule has 2 aliphatic rings. The summed E-state index contributed by atoms with van der Waals surface area (Å²) in [6.45, 7) is 35.1. The molecule has 0 aliphatic carbocycles. The molecule has 3 nitrogen and oxygen atoms in total. The van der Waals surface area contributed by atoms with Crippen LogP contribution in [0.15, 0.2) is 328 Å². The summed E-state index contributed by atoms with van der Waals surface area (Å²) in [5, 5.41) is 4.99. The summed E-state index contributed by atoms with van der Waals surface area (Å²) in [5.74, 6) is -0.334. The van der Waals surface area contributed by atoms with Crippen molar-refractivity contribution >= 4 is 83.8 Å². The van der Waals surface area contributed by atoms with Gasteiger partial charge >= 0.3 is 0 Å². The summed E-state index contributed by atoms with van der Waals surface area (Å²) in [6.07, 6.45) is 0. The molecule has 15 aromatic carbocycles. The third kappa shape index (κ3) is 12.6. The van der Waals surface area contributed by atoms with E-state index >= 15 is 0 Å². The molecule has 0 saturated carbocycles. The van der Waals surface area contributed by atoms with Gasteiger partial charge in [-0.05, 0) is 229 Å². The molecule has 2 aliphatic heterocycles. The second-order valence-corrected chi connectivity index (χ2v) is 37.7. The van der Waals surface area contributed by atoms with Crippen molar-refractivity contribution in [2.24, 2.45) is 0 Å². The van der Waals surface area contributed by atoms with Crippen LogP contribution in [0.1, 0.15) is 154 Å². The minimum Gasteiger partial charge on any atom is -0.310 e. The van der Waals surface area contributed by atoms with Crippen molar-refractivity contribution in [3.8, 4) is 78.1 Å². The van der Waals surface area contributed by atoms with Crippen molar-refractivity contribution < 1.29 is 0 Å². The molecule has 17 aromatic rings. The fourth-order valence-electron chi connectivity index (χ4n) is 18.8. The highest BCUT2D eigenvalue weighted by Crippen LogP contribution is 2.55. The van der Waals surface area contributed by atoms with E-state index in [2.05, 4.69) is 445 Å². The molecule has 19 rings (SSSR count). The smallest absolute Gasteiger partial charge is 0.247 e. The van der Waals surface area contributed by atoms with Crippen molar-refractivity contribution in [1.29, 1.82) is 0 Å². The van der Waals surface area contributed by atoms with E-state index < -0.39 is 0 Å². The van der Waals surface area contributed by atoms with Crippen molar-refractivity contribution in [2.75, 3.05) is 4.90 Å². The highest BCUT2D eigenvalue weighted by atomic mass is 15.2. The maximum absolute atomic E-state index is 2.77. The molecular weight excluding hydrogens is 1390 g/mol. The van der Waals surface area contributed by atoms with Crippen LogP contribution in [0.5, 0.6) is 0 Å². The van der Waals surface area contributed by atoms with E-state index in [4.69, 9.17) is 0 Å². The molecule has 0 spiro atoms. The molecule has 562 valence electrons. The number of rotatable bonds is 10. The van der Waals surface area contributed by atoms with Gasteiger partial charge in [-0.15, -0.1) is 0 Å². The Morgan fingerprint density at radius 1 is 0.243 bits per heavy atom. The molecule has 0 bridgehead atoms. The Kier molecular flexibility index (Phi) is 17.3. The largest absolute Gasteiger partial charge is 0.310 e. The van der Waals surface area contributed by atoms with E-state index in [-0.39, 0.29) is 39.7 Å².